The summed E-state index contributed by atoms with van der Waals surface area (Å²) in [6.45, 7) is 72.1. The number of fused-ring (bicyclic) bond motifs is 6. The van der Waals surface area contributed by atoms with E-state index in [1.54, 1.807) is 0 Å². The Balaban J connectivity index is 0.000000197. The van der Waals surface area contributed by atoms with Gasteiger partial charge in [-0.15, -0.1) is 0 Å². The molecule has 0 saturated carbocycles. The fraction of sp³-hybridized carbons (Fsp3) is 0.333. The molecular formula is C126H142N2. The predicted molar refractivity (Wildman–Crippen MR) is 558 cm³/mol. The van der Waals surface area contributed by atoms with Gasteiger partial charge in [-0.25, -0.2) is 0 Å². The third-order valence-corrected chi connectivity index (χ3v) is 27.5. The maximum atomic E-state index is 2.47. The van der Waals surface area contributed by atoms with Crippen molar-refractivity contribution in [1.82, 2.24) is 0 Å². The Morgan fingerprint density at radius 1 is 0.156 bits per heavy atom. The lowest BCUT2D eigenvalue weighted by atomic mass is 9.78. The summed E-state index contributed by atoms with van der Waals surface area (Å²) in [6.07, 6.45) is 0. The number of rotatable bonds is 12. The van der Waals surface area contributed by atoms with Gasteiger partial charge in [0.25, 0.3) is 0 Å². The van der Waals surface area contributed by atoms with E-state index in [0.717, 1.165) is 34.1 Å². The molecule has 0 N–H and O–H groups in total. The molecule has 14 aromatic carbocycles. The quantitative estimate of drug-likeness (QED) is 0.120. The highest BCUT2D eigenvalue weighted by Crippen LogP contribution is 2.55. The summed E-state index contributed by atoms with van der Waals surface area (Å²) in [5.74, 6) is 0. The fourth-order valence-electron chi connectivity index (χ4n) is 18.8. The third kappa shape index (κ3) is 18.7. The largest absolute Gasteiger partial charge is 0.310 e. The first-order valence-corrected chi connectivity index (χ1v) is 47.0. The van der Waals surface area contributed by atoms with E-state index in [9.17, 15) is 0 Å². The Hall–Kier alpha value is -11.3. The Labute approximate surface area is 771 Å². The Morgan fingerprint density at radius 3 is 0.766 bits per heavy atom. The van der Waals surface area contributed by atoms with E-state index in [4.69, 9.17) is 0 Å². The zero-order valence-corrected chi connectivity index (χ0v) is 83.2. The first kappa shape index (κ1) is 91.4. The van der Waals surface area contributed by atoms with E-state index < -0.39 is 0 Å². The van der Waals surface area contributed by atoms with Crippen LogP contribution in [0, 0.1) is 0 Å². The van der Waals surface area contributed by atoms with Crippen molar-refractivity contribution in [1.29, 1.82) is 0 Å². The van der Waals surface area contributed by atoms with Gasteiger partial charge in [0, 0.05) is 44.8 Å². The Morgan fingerprint density at radius 2 is 0.414 bits per heavy atom. The maximum Gasteiger partial charge on any atom is 0.0540 e. The molecule has 16 rings (SSSR count). The molecule has 0 atom stereocenters. The van der Waals surface area contributed by atoms with Gasteiger partial charge in [-0.05, 0) is 283 Å². The molecule has 0 spiro atoms. The number of para-hydroxylation sites is 1. The molecule has 0 heterocycles. The topological polar surface area (TPSA) is 6.48 Å². The highest BCUT2D eigenvalue weighted by atomic mass is 15.1. The van der Waals surface area contributed by atoms with Gasteiger partial charge in [0.2, 0.25) is 0 Å². The average Bonchev–Trinajstić information content (AvgIpc) is 1.58. The summed E-state index contributed by atoms with van der Waals surface area (Å²) < 4.78 is 0. The van der Waals surface area contributed by atoms with Crippen molar-refractivity contribution in [2.24, 2.45) is 0 Å². The van der Waals surface area contributed by atoms with Crippen LogP contribution in [0.25, 0.3) is 89.0 Å². The van der Waals surface area contributed by atoms with Crippen molar-refractivity contribution in [2.75, 3.05) is 9.80 Å². The minimum Gasteiger partial charge on any atom is -0.310 e. The molecule has 0 aromatic heterocycles. The number of hydrogen-bond donors (Lipinski definition) is 0. The molecule has 0 radical (unpaired) electrons. The summed E-state index contributed by atoms with van der Waals surface area (Å²) in [6, 6.07) is 114. The smallest absolute Gasteiger partial charge is 0.0540 e. The third-order valence-electron chi connectivity index (χ3n) is 27.5. The molecule has 0 aliphatic heterocycles. The fourth-order valence-corrected chi connectivity index (χ4v) is 18.8. The van der Waals surface area contributed by atoms with Crippen molar-refractivity contribution in [3.8, 4) is 89.0 Å². The SMILES string of the molecule is CC(C)(C)c1cc(-c2ccc(N(c3cccc(-c4cc(C(C)(C)C)cc(C(C)(C)C)c4)c3)c3ccc4c(c3)C(C)(C)c3ccccc3-4)cc2)cc(-c2cc(C(C)(C)C)cc(C(C)(C)C)c2)c1.CC(C)(C)c1ccc(-c2ccccc2N(c2ccc(-c3cc(-c4cc(C(C)(C)C)cc(C(C)(C)C)c4)cc(C(C)(C)C)c3)cc2)c2ccc3c(c2)C(C)(C)c2ccccc2-3)cc1. The Kier molecular flexibility index (Phi) is 23.6. The lowest BCUT2D eigenvalue weighted by molar-refractivity contribution is 0.568. The maximum absolute atomic E-state index is 2.47. The van der Waals surface area contributed by atoms with Gasteiger partial charge in [0.15, 0.2) is 0 Å². The van der Waals surface area contributed by atoms with Crippen LogP contribution < -0.4 is 9.80 Å². The molecule has 14 aromatic rings. The molecule has 2 aliphatic rings. The number of benzene rings is 14. The van der Waals surface area contributed by atoms with E-state index in [0.29, 0.717) is 0 Å². The molecule has 2 nitrogen and oxygen atoms in total. The zero-order valence-electron chi connectivity index (χ0n) is 83.2. The van der Waals surface area contributed by atoms with Gasteiger partial charge in [-0.1, -0.05) is 433 Å². The average molecular weight is 1680 g/mol. The second kappa shape index (κ2) is 33.0. The van der Waals surface area contributed by atoms with Gasteiger partial charge in [-0.3, -0.25) is 0 Å². The van der Waals surface area contributed by atoms with Crippen LogP contribution in [-0.4, -0.2) is 0 Å². The van der Waals surface area contributed by atoms with Crippen molar-refractivity contribution in [3.05, 3.63) is 370 Å². The van der Waals surface area contributed by atoms with E-state index in [1.807, 2.05) is 0 Å². The number of anilines is 6. The van der Waals surface area contributed by atoms with Gasteiger partial charge < -0.3 is 9.80 Å². The summed E-state index contributed by atoms with van der Waals surface area (Å²) in [5, 5.41) is 0. The van der Waals surface area contributed by atoms with Crippen LogP contribution >= 0.6 is 0 Å². The van der Waals surface area contributed by atoms with Crippen LogP contribution in [0.2, 0.25) is 0 Å². The molecule has 0 unspecified atom stereocenters. The summed E-state index contributed by atoms with van der Waals surface area (Å²) in [5.41, 5.74) is 44.8. The predicted octanol–water partition coefficient (Wildman–Crippen LogP) is 36.6. The normalized spacial score (nSPS) is 13.9. The van der Waals surface area contributed by atoms with Gasteiger partial charge in [0.05, 0.1) is 5.69 Å². The summed E-state index contributed by atoms with van der Waals surface area (Å²) in [7, 11) is 0. The molecule has 0 fully saturated rings. The van der Waals surface area contributed by atoms with Crippen LogP contribution in [0.4, 0.5) is 34.1 Å². The molecule has 0 bridgehead atoms. The van der Waals surface area contributed by atoms with Gasteiger partial charge >= 0.3 is 0 Å². The number of nitrogens with zero attached hydrogens (tertiary/aromatic N) is 2. The van der Waals surface area contributed by atoms with E-state index in [2.05, 4.69) is 522 Å². The number of hydrogen-bond acceptors (Lipinski definition) is 2. The molecule has 0 amide bonds. The zero-order chi connectivity index (χ0) is 92.5. The molecule has 656 valence electrons. The van der Waals surface area contributed by atoms with Crippen molar-refractivity contribution < 1.29 is 0 Å². The Bertz CT molecular complexity index is 6400. The molecular weight excluding hydrogens is 1540 g/mol. The van der Waals surface area contributed by atoms with E-state index >= 15 is 0 Å². The molecule has 128 heavy (non-hydrogen) atoms. The standard InChI is InChI=1S/C65H75N.C61H67N/c1-60(2,3)48-32-44(31-45(33-48)47-36-51(63(10,11)12)40-52(37-47)64(13,14)15)42-25-27-53(28-26-42)66(55-29-30-57-56-23-18-19-24-58(56)65(16,17)59(57)41-55)54-22-20-21-43(38-54)46-34-49(61(4,5)6)39-50(35-46)62(7,8)9;1-57(2,3)45-27-23-41(24-28-45)51-19-16-18-22-56(51)62(50-31-32-53-52-20-15-17-21-54(52)61(13,14)55(53)39-50)49-29-25-40(26-30-49)42-33-43(35-46(34-42)58(4,5)6)44-36-47(59(7,8)9)38-48(37-44)60(10,11)12/h18-41H,1-17H3;15-39H,1-14H3. The molecule has 2 aliphatic carbocycles. The van der Waals surface area contributed by atoms with Crippen LogP contribution in [-0.2, 0) is 59.6 Å². The van der Waals surface area contributed by atoms with Gasteiger partial charge in [-0.2, -0.15) is 0 Å². The first-order valence-electron chi connectivity index (χ1n) is 47.0. The van der Waals surface area contributed by atoms with E-state index in [1.165, 1.54) is 161 Å². The first-order chi connectivity index (χ1) is 59.6. The minimum absolute atomic E-state index is 0.0220. The van der Waals surface area contributed by atoms with Crippen LogP contribution in [0.3, 0.4) is 0 Å². The summed E-state index contributed by atoms with van der Waals surface area (Å²) >= 11 is 0. The highest BCUT2D eigenvalue weighted by Gasteiger charge is 2.39. The van der Waals surface area contributed by atoms with Crippen molar-refractivity contribution in [2.45, 2.75) is 274 Å². The van der Waals surface area contributed by atoms with Crippen molar-refractivity contribution >= 4 is 34.1 Å². The lowest BCUT2D eigenvalue weighted by Crippen LogP contribution is -2.17. The second-order valence-corrected chi connectivity index (χ2v) is 47.5. The van der Waals surface area contributed by atoms with E-state index in [-0.39, 0.29) is 59.6 Å². The highest BCUT2D eigenvalue weighted by molar-refractivity contribution is 5.93. The molecule has 2 heteroatoms. The summed E-state index contributed by atoms with van der Waals surface area (Å²) in [4.78, 5) is 4.94. The lowest BCUT2D eigenvalue weighted by Gasteiger charge is -2.30. The monoisotopic (exact) mass is 1680 g/mol. The van der Waals surface area contributed by atoms with Gasteiger partial charge in [0.1, 0.15) is 0 Å². The van der Waals surface area contributed by atoms with Crippen LogP contribution in [0.15, 0.2) is 297 Å². The van der Waals surface area contributed by atoms with Crippen LogP contribution in [0.5, 0.6) is 0 Å². The van der Waals surface area contributed by atoms with Crippen molar-refractivity contribution in [3.63, 3.8) is 0 Å². The van der Waals surface area contributed by atoms with Crippen LogP contribution in [0.1, 0.15) is 287 Å². The second-order valence-electron chi connectivity index (χ2n) is 47.5. The minimum atomic E-state index is -0.119. The molecule has 0 saturated heterocycles.